The molecule has 8 heteroatoms. The van der Waals surface area contributed by atoms with Crippen LogP contribution in [0.3, 0.4) is 0 Å². The van der Waals surface area contributed by atoms with Gasteiger partial charge in [0.1, 0.15) is 0 Å². The first kappa shape index (κ1) is 15.1. The van der Waals surface area contributed by atoms with E-state index in [4.69, 9.17) is 10.9 Å². The maximum absolute atomic E-state index is 11.5. The second kappa shape index (κ2) is 7.42. The number of oxime groups is 1. The van der Waals surface area contributed by atoms with Gasteiger partial charge in [-0.3, -0.25) is 0 Å². The van der Waals surface area contributed by atoms with Crippen molar-refractivity contribution in [1.29, 1.82) is 0 Å². The molecule has 0 aromatic carbocycles. The Bertz CT molecular complexity index is 315. The summed E-state index contributed by atoms with van der Waals surface area (Å²) in [7, 11) is -2.05. The molecule has 1 atom stereocenters. The molecule has 0 aromatic heterocycles. The van der Waals surface area contributed by atoms with Gasteiger partial charge in [0, 0.05) is 7.11 Å². The van der Waals surface area contributed by atoms with Gasteiger partial charge >= 0.3 is 0 Å². The molecular formula is C8H19N3O4S. The van der Waals surface area contributed by atoms with Gasteiger partial charge in [-0.1, -0.05) is 18.5 Å². The summed E-state index contributed by atoms with van der Waals surface area (Å²) in [6.45, 7) is 1.98. The van der Waals surface area contributed by atoms with E-state index in [-0.39, 0.29) is 18.2 Å². The molecule has 0 radical (unpaired) electrons. The lowest BCUT2D eigenvalue weighted by molar-refractivity contribution is 0.217. The molecule has 0 saturated carbocycles. The number of nitrogens with one attached hydrogen (secondary N) is 1. The highest BCUT2D eigenvalue weighted by Gasteiger charge is 2.20. The van der Waals surface area contributed by atoms with E-state index in [1.807, 2.05) is 6.92 Å². The van der Waals surface area contributed by atoms with Crippen molar-refractivity contribution in [3.05, 3.63) is 0 Å². The minimum absolute atomic E-state index is 0.102. The molecule has 0 aliphatic heterocycles. The van der Waals surface area contributed by atoms with E-state index in [1.54, 1.807) is 0 Å². The number of rotatable bonds is 8. The summed E-state index contributed by atoms with van der Waals surface area (Å²) in [6.07, 6.45) is 1.19. The predicted molar refractivity (Wildman–Crippen MR) is 60.9 cm³/mol. The Hall–Kier alpha value is -0.860. The summed E-state index contributed by atoms with van der Waals surface area (Å²) in [5.74, 6) is -0.287. The van der Waals surface area contributed by atoms with Crippen molar-refractivity contribution in [3.63, 3.8) is 0 Å². The summed E-state index contributed by atoms with van der Waals surface area (Å²) < 4.78 is 30.1. The van der Waals surface area contributed by atoms with Crippen molar-refractivity contribution in [3.8, 4) is 0 Å². The van der Waals surface area contributed by atoms with E-state index >= 15 is 0 Å². The Balaban J connectivity index is 4.50. The number of amidine groups is 1. The smallest absolute Gasteiger partial charge is 0.214 e. The van der Waals surface area contributed by atoms with Gasteiger partial charge in [0.25, 0.3) is 0 Å². The topological polar surface area (TPSA) is 114 Å². The zero-order valence-electron chi connectivity index (χ0n) is 9.51. The Morgan fingerprint density at radius 3 is 2.69 bits per heavy atom. The summed E-state index contributed by atoms with van der Waals surface area (Å²) in [4.78, 5) is 0. The van der Waals surface area contributed by atoms with Crippen molar-refractivity contribution in [1.82, 2.24) is 4.72 Å². The molecule has 0 aliphatic rings. The fourth-order valence-corrected chi connectivity index (χ4v) is 2.27. The molecular weight excluding hydrogens is 234 g/mol. The quantitative estimate of drug-likeness (QED) is 0.233. The van der Waals surface area contributed by atoms with Gasteiger partial charge in [0.15, 0.2) is 5.84 Å². The minimum atomic E-state index is -3.47. The summed E-state index contributed by atoms with van der Waals surface area (Å²) in [6, 6.07) is -0.670. The molecule has 4 N–H and O–H groups in total. The summed E-state index contributed by atoms with van der Waals surface area (Å²) >= 11 is 0. The fourth-order valence-electron chi connectivity index (χ4n) is 1.09. The average molecular weight is 253 g/mol. The number of hydrogen-bond acceptors (Lipinski definition) is 5. The zero-order chi connectivity index (χ0) is 12.6. The van der Waals surface area contributed by atoms with Gasteiger partial charge in [-0.15, -0.1) is 0 Å². The lowest BCUT2D eigenvalue weighted by Gasteiger charge is -2.16. The Labute approximate surface area is 95.7 Å². The van der Waals surface area contributed by atoms with Gasteiger partial charge < -0.3 is 15.7 Å². The first-order valence-corrected chi connectivity index (χ1v) is 6.58. The van der Waals surface area contributed by atoms with E-state index in [1.165, 1.54) is 7.11 Å². The molecule has 0 heterocycles. The van der Waals surface area contributed by atoms with E-state index < -0.39 is 16.1 Å². The molecule has 0 amide bonds. The van der Waals surface area contributed by atoms with Crippen LogP contribution in [-0.2, 0) is 14.8 Å². The molecule has 0 rings (SSSR count). The third-order valence-corrected chi connectivity index (χ3v) is 3.28. The Morgan fingerprint density at radius 1 is 1.62 bits per heavy atom. The van der Waals surface area contributed by atoms with Crippen LogP contribution in [0.5, 0.6) is 0 Å². The van der Waals surface area contributed by atoms with Crippen molar-refractivity contribution < 1.29 is 18.4 Å². The first-order valence-electron chi connectivity index (χ1n) is 4.93. The molecule has 0 spiro atoms. The minimum Gasteiger partial charge on any atom is -0.409 e. The van der Waals surface area contributed by atoms with E-state index in [0.29, 0.717) is 12.8 Å². The van der Waals surface area contributed by atoms with Crippen LogP contribution in [-0.4, -0.2) is 45.0 Å². The Morgan fingerprint density at radius 2 is 2.25 bits per heavy atom. The first-order chi connectivity index (χ1) is 7.46. The SMILES string of the molecule is CCCC(NS(=O)(=O)CCOC)C(N)=NO. The second-order valence-electron chi connectivity index (χ2n) is 3.30. The highest BCUT2D eigenvalue weighted by Crippen LogP contribution is 2.00. The van der Waals surface area contributed by atoms with Crippen LogP contribution in [0.25, 0.3) is 0 Å². The van der Waals surface area contributed by atoms with Crippen molar-refractivity contribution in [2.75, 3.05) is 19.5 Å². The monoisotopic (exact) mass is 253 g/mol. The van der Waals surface area contributed by atoms with Crippen LogP contribution < -0.4 is 10.5 Å². The van der Waals surface area contributed by atoms with Gasteiger partial charge in [0.2, 0.25) is 10.0 Å². The van der Waals surface area contributed by atoms with Crippen LogP contribution in [0.15, 0.2) is 5.16 Å². The highest BCUT2D eigenvalue weighted by atomic mass is 32.2. The number of methoxy groups -OCH3 is 1. The van der Waals surface area contributed by atoms with Gasteiger partial charge in [0.05, 0.1) is 18.4 Å². The molecule has 0 aliphatic carbocycles. The van der Waals surface area contributed by atoms with Gasteiger partial charge in [-0.25, -0.2) is 13.1 Å². The fraction of sp³-hybridized carbons (Fsp3) is 0.875. The lowest BCUT2D eigenvalue weighted by atomic mass is 10.2. The maximum atomic E-state index is 11.5. The van der Waals surface area contributed by atoms with Gasteiger partial charge in [-0.05, 0) is 6.42 Å². The molecule has 0 bridgehead atoms. The van der Waals surface area contributed by atoms with Crippen molar-refractivity contribution in [2.45, 2.75) is 25.8 Å². The molecule has 0 saturated heterocycles. The number of nitrogens with two attached hydrogens (primary N) is 1. The van der Waals surface area contributed by atoms with Crippen molar-refractivity contribution in [2.24, 2.45) is 10.9 Å². The van der Waals surface area contributed by atoms with Crippen LogP contribution in [0, 0.1) is 0 Å². The molecule has 0 fully saturated rings. The predicted octanol–water partition coefficient (Wildman–Crippen LogP) is -0.533. The normalized spacial score (nSPS) is 15.0. The lowest BCUT2D eigenvalue weighted by Crippen LogP contribution is -2.45. The number of ether oxygens (including phenoxy) is 1. The molecule has 1 unspecified atom stereocenters. The third kappa shape index (κ3) is 5.89. The second-order valence-corrected chi connectivity index (χ2v) is 5.17. The third-order valence-electron chi connectivity index (χ3n) is 1.93. The number of sulfonamides is 1. The van der Waals surface area contributed by atoms with E-state index in [2.05, 4.69) is 14.6 Å². The molecule has 0 aromatic rings. The maximum Gasteiger partial charge on any atom is 0.214 e. The summed E-state index contributed by atoms with van der Waals surface area (Å²) in [5.41, 5.74) is 5.38. The standard InChI is InChI=1S/C8H19N3O4S/c1-3-4-7(8(9)10-12)11-16(13,14)6-5-15-2/h7,11-12H,3-6H2,1-2H3,(H2,9,10). The van der Waals surface area contributed by atoms with Crippen LogP contribution in [0.1, 0.15) is 19.8 Å². The number of nitrogens with zero attached hydrogens (tertiary/aromatic N) is 1. The van der Waals surface area contributed by atoms with Gasteiger partial charge in [-0.2, -0.15) is 0 Å². The molecule has 16 heavy (non-hydrogen) atoms. The highest BCUT2D eigenvalue weighted by molar-refractivity contribution is 7.89. The van der Waals surface area contributed by atoms with Crippen LogP contribution in [0.2, 0.25) is 0 Å². The summed E-state index contributed by atoms with van der Waals surface area (Å²) in [5, 5.41) is 11.3. The van der Waals surface area contributed by atoms with Crippen molar-refractivity contribution >= 4 is 15.9 Å². The molecule has 96 valence electrons. The largest absolute Gasteiger partial charge is 0.409 e. The van der Waals surface area contributed by atoms with Crippen LogP contribution in [0.4, 0.5) is 0 Å². The van der Waals surface area contributed by atoms with E-state index in [9.17, 15) is 8.42 Å². The number of hydrogen-bond donors (Lipinski definition) is 3. The Kier molecular flexibility index (Phi) is 7.02. The zero-order valence-corrected chi connectivity index (χ0v) is 10.3. The van der Waals surface area contributed by atoms with E-state index in [0.717, 1.165) is 0 Å². The molecule has 7 nitrogen and oxygen atoms in total. The van der Waals surface area contributed by atoms with Crippen LogP contribution >= 0.6 is 0 Å². The average Bonchev–Trinajstić information content (AvgIpc) is 2.24.